The SMILES string of the molecule is COC(=O)NC1CCN(C(=O)N2CCCCCC2)C1. The van der Waals surface area contributed by atoms with E-state index in [9.17, 15) is 9.59 Å². The molecule has 0 aromatic carbocycles. The van der Waals surface area contributed by atoms with Crippen molar-refractivity contribution in [2.75, 3.05) is 33.3 Å². The van der Waals surface area contributed by atoms with E-state index >= 15 is 0 Å². The first kappa shape index (κ1) is 14.0. The molecule has 0 saturated carbocycles. The molecular weight excluding hydrogens is 246 g/mol. The zero-order chi connectivity index (χ0) is 13.7. The van der Waals surface area contributed by atoms with Gasteiger partial charge in [0.1, 0.15) is 0 Å². The van der Waals surface area contributed by atoms with Crippen LogP contribution in [0.3, 0.4) is 0 Å². The highest BCUT2D eigenvalue weighted by Gasteiger charge is 2.30. The number of hydrogen-bond donors (Lipinski definition) is 1. The van der Waals surface area contributed by atoms with Crippen LogP contribution in [0.15, 0.2) is 0 Å². The Balaban J connectivity index is 1.82. The highest BCUT2D eigenvalue weighted by Crippen LogP contribution is 2.16. The third-order valence-electron chi connectivity index (χ3n) is 3.84. The average Bonchev–Trinajstić information content (AvgIpc) is 2.71. The van der Waals surface area contributed by atoms with E-state index < -0.39 is 6.09 Å². The van der Waals surface area contributed by atoms with Gasteiger partial charge in [-0.15, -0.1) is 0 Å². The molecular formula is C13H23N3O3. The molecule has 2 rings (SSSR count). The van der Waals surface area contributed by atoms with E-state index in [0.29, 0.717) is 13.1 Å². The van der Waals surface area contributed by atoms with Gasteiger partial charge in [0.25, 0.3) is 0 Å². The van der Waals surface area contributed by atoms with E-state index in [1.54, 1.807) is 0 Å². The number of ether oxygens (including phenoxy) is 1. The second-order valence-corrected chi connectivity index (χ2v) is 5.25. The summed E-state index contributed by atoms with van der Waals surface area (Å²) in [4.78, 5) is 27.3. The molecule has 2 aliphatic rings. The average molecular weight is 269 g/mol. The first-order valence-corrected chi connectivity index (χ1v) is 7.09. The monoisotopic (exact) mass is 269 g/mol. The van der Waals surface area contributed by atoms with Crippen molar-refractivity contribution in [2.24, 2.45) is 0 Å². The summed E-state index contributed by atoms with van der Waals surface area (Å²) >= 11 is 0. The van der Waals surface area contributed by atoms with Crippen molar-refractivity contribution in [1.29, 1.82) is 0 Å². The van der Waals surface area contributed by atoms with Gasteiger partial charge in [-0.2, -0.15) is 0 Å². The number of methoxy groups -OCH3 is 1. The molecule has 0 aromatic rings. The number of nitrogens with one attached hydrogen (secondary N) is 1. The molecule has 2 fully saturated rings. The topological polar surface area (TPSA) is 61.9 Å². The zero-order valence-corrected chi connectivity index (χ0v) is 11.6. The van der Waals surface area contributed by atoms with Crippen LogP contribution in [-0.2, 0) is 4.74 Å². The van der Waals surface area contributed by atoms with Crippen molar-refractivity contribution in [1.82, 2.24) is 15.1 Å². The maximum absolute atomic E-state index is 12.4. The molecule has 2 aliphatic heterocycles. The van der Waals surface area contributed by atoms with E-state index in [1.165, 1.54) is 20.0 Å². The summed E-state index contributed by atoms with van der Waals surface area (Å²) < 4.78 is 4.58. The molecule has 1 atom stereocenters. The van der Waals surface area contributed by atoms with Gasteiger partial charge in [-0.25, -0.2) is 9.59 Å². The lowest BCUT2D eigenvalue weighted by atomic mass is 10.2. The molecule has 1 unspecified atom stereocenters. The van der Waals surface area contributed by atoms with Crippen LogP contribution in [-0.4, -0.2) is 61.3 Å². The molecule has 0 radical (unpaired) electrons. The lowest BCUT2D eigenvalue weighted by Crippen LogP contribution is -2.44. The van der Waals surface area contributed by atoms with Crippen molar-refractivity contribution in [3.8, 4) is 0 Å². The summed E-state index contributed by atoms with van der Waals surface area (Å²) in [7, 11) is 1.35. The molecule has 2 heterocycles. The Kier molecular flexibility index (Phi) is 4.87. The van der Waals surface area contributed by atoms with Crippen LogP contribution < -0.4 is 5.32 Å². The Morgan fingerprint density at radius 3 is 2.37 bits per heavy atom. The first-order valence-electron chi connectivity index (χ1n) is 7.09. The maximum Gasteiger partial charge on any atom is 0.407 e. The quantitative estimate of drug-likeness (QED) is 0.783. The number of carbonyl (C=O) groups excluding carboxylic acids is 2. The maximum atomic E-state index is 12.4. The minimum Gasteiger partial charge on any atom is -0.453 e. The molecule has 108 valence electrons. The van der Waals surface area contributed by atoms with Crippen molar-refractivity contribution in [2.45, 2.75) is 38.1 Å². The van der Waals surface area contributed by atoms with Crippen LogP contribution in [0, 0.1) is 0 Å². The Labute approximate surface area is 114 Å². The molecule has 0 bridgehead atoms. The summed E-state index contributed by atoms with van der Waals surface area (Å²) in [5.41, 5.74) is 0. The molecule has 19 heavy (non-hydrogen) atoms. The van der Waals surface area contributed by atoms with Gasteiger partial charge in [0.15, 0.2) is 0 Å². The summed E-state index contributed by atoms with van der Waals surface area (Å²) in [5.74, 6) is 0. The zero-order valence-electron chi connectivity index (χ0n) is 11.6. The van der Waals surface area contributed by atoms with E-state index in [1.807, 2.05) is 9.80 Å². The molecule has 0 spiro atoms. The predicted octanol–water partition coefficient (Wildman–Crippen LogP) is 1.41. The minimum absolute atomic E-state index is 0.0170. The van der Waals surface area contributed by atoms with E-state index in [4.69, 9.17) is 0 Å². The van der Waals surface area contributed by atoms with Crippen molar-refractivity contribution < 1.29 is 14.3 Å². The van der Waals surface area contributed by atoms with Crippen LogP contribution in [0.4, 0.5) is 9.59 Å². The number of amides is 3. The molecule has 6 heteroatoms. The second kappa shape index (κ2) is 6.63. The molecule has 0 aliphatic carbocycles. The van der Waals surface area contributed by atoms with Gasteiger partial charge in [0, 0.05) is 26.2 Å². The highest BCUT2D eigenvalue weighted by molar-refractivity contribution is 5.75. The summed E-state index contributed by atoms with van der Waals surface area (Å²) in [6.45, 7) is 3.03. The van der Waals surface area contributed by atoms with Crippen molar-refractivity contribution in [3.05, 3.63) is 0 Å². The second-order valence-electron chi connectivity index (χ2n) is 5.25. The van der Waals surface area contributed by atoms with Gasteiger partial charge in [-0.05, 0) is 19.3 Å². The number of carbonyl (C=O) groups is 2. The Morgan fingerprint density at radius 2 is 1.74 bits per heavy atom. The summed E-state index contributed by atoms with van der Waals surface area (Å²) in [6.07, 6.45) is 5.02. The van der Waals surface area contributed by atoms with Crippen LogP contribution >= 0.6 is 0 Å². The minimum atomic E-state index is -0.422. The van der Waals surface area contributed by atoms with Gasteiger partial charge < -0.3 is 19.9 Å². The smallest absolute Gasteiger partial charge is 0.407 e. The molecule has 1 N–H and O–H groups in total. The van der Waals surface area contributed by atoms with E-state index in [0.717, 1.165) is 32.4 Å². The fourth-order valence-electron chi connectivity index (χ4n) is 2.74. The number of alkyl carbamates (subject to hydrolysis) is 1. The van der Waals surface area contributed by atoms with Crippen LogP contribution in [0.1, 0.15) is 32.1 Å². The number of nitrogens with zero attached hydrogens (tertiary/aromatic N) is 2. The van der Waals surface area contributed by atoms with E-state index in [-0.39, 0.29) is 12.1 Å². The summed E-state index contributed by atoms with van der Waals surface area (Å²) in [6, 6.07) is 0.138. The largest absolute Gasteiger partial charge is 0.453 e. The summed E-state index contributed by atoms with van der Waals surface area (Å²) in [5, 5.41) is 2.76. The molecule has 3 amide bonds. The molecule has 2 saturated heterocycles. The Hall–Kier alpha value is -1.46. The standard InChI is InChI=1S/C13H23N3O3/c1-19-12(17)14-11-6-9-16(10-11)13(18)15-7-4-2-3-5-8-15/h11H,2-10H2,1H3,(H,14,17). The highest BCUT2D eigenvalue weighted by atomic mass is 16.5. The van der Waals surface area contributed by atoms with Crippen LogP contribution in [0.5, 0.6) is 0 Å². The van der Waals surface area contributed by atoms with Crippen molar-refractivity contribution >= 4 is 12.1 Å². The van der Waals surface area contributed by atoms with Gasteiger partial charge in [-0.3, -0.25) is 0 Å². The number of likely N-dealkylation sites (tertiary alicyclic amines) is 2. The lowest BCUT2D eigenvalue weighted by Gasteiger charge is -2.26. The van der Waals surface area contributed by atoms with E-state index in [2.05, 4.69) is 10.1 Å². The third-order valence-corrected chi connectivity index (χ3v) is 3.84. The van der Waals surface area contributed by atoms with Gasteiger partial charge in [0.2, 0.25) is 0 Å². The predicted molar refractivity (Wildman–Crippen MR) is 71.0 cm³/mol. The fourth-order valence-corrected chi connectivity index (χ4v) is 2.74. The van der Waals surface area contributed by atoms with Gasteiger partial charge >= 0.3 is 12.1 Å². The normalized spacial score (nSPS) is 23.9. The Morgan fingerprint density at radius 1 is 1.05 bits per heavy atom. The number of urea groups is 1. The third kappa shape index (κ3) is 3.75. The molecule has 6 nitrogen and oxygen atoms in total. The molecule has 0 aromatic heterocycles. The van der Waals surface area contributed by atoms with Crippen molar-refractivity contribution in [3.63, 3.8) is 0 Å². The number of rotatable bonds is 1. The van der Waals surface area contributed by atoms with Crippen LogP contribution in [0.25, 0.3) is 0 Å². The lowest BCUT2D eigenvalue weighted by molar-refractivity contribution is 0.158. The Bertz CT molecular complexity index is 327. The fraction of sp³-hybridized carbons (Fsp3) is 0.846. The van der Waals surface area contributed by atoms with Crippen LogP contribution in [0.2, 0.25) is 0 Å². The van der Waals surface area contributed by atoms with Gasteiger partial charge in [0.05, 0.1) is 13.2 Å². The number of hydrogen-bond acceptors (Lipinski definition) is 3. The first-order chi connectivity index (χ1) is 9.20. The van der Waals surface area contributed by atoms with Gasteiger partial charge in [-0.1, -0.05) is 12.8 Å².